The Morgan fingerprint density at radius 1 is 0.889 bits per heavy atom. The molecule has 0 saturated heterocycles. The van der Waals surface area contributed by atoms with Crippen LogP contribution < -0.4 is 10.6 Å². The van der Waals surface area contributed by atoms with Crippen molar-refractivity contribution in [2.45, 2.75) is 110 Å². The molecular weight excluding hydrogens is 503 g/mol. The molecule has 11 heteroatoms. The number of thioether (sulfide) groups is 1. The Morgan fingerprint density at radius 2 is 1.44 bits per heavy atom. The van der Waals surface area contributed by atoms with Gasteiger partial charge < -0.3 is 15.7 Å². The van der Waals surface area contributed by atoms with Crippen molar-refractivity contribution in [1.29, 1.82) is 0 Å². The highest BCUT2D eigenvalue weighted by atomic mass is 32.2. The highest BCUT2D eigenvalue weighted by molar-refractivity contribution is 8.13. The largest absolute Gasteiger partial charge is 0.694 e. The van der Waals surface area contributed by atoms with Gasteiger partial charge in [-0.15, -0.1) is 9.42 Å². The molecule has 0 bridgehead atoms. The molecule has 9 nitrogen and oxygen atoms in total. The summed E-state index contributed by atoms with van der Waals surface area (Å²) in [6.07, 6.45) is 12.9. The van der Waals surface area contributed by atoms with Crippen LogP contribution in [-0.2, 0) is 23.5 Å². The van der Waals surface area contributed by atoms with Gasteiger partial charge in [-0.25, -0.2) is 0 Å². The summed E-state index contributed by atoms with van der Waals surface area (Å²) in [5, 5.41) is 15.4. The normalized spacial score (nSPS) is 12.8. The van der Waals surface area contributed by atoms with E-state index in [0.29, 0.717) is 18.7 Å². The molecule has 0 rings (SSSR count). The fraction of sp³-hybridized carbons (Fsp3) is 0.880. The predicted octanol–water partition coefficient (Wildman–Crippen LogP) is 4.62. The Balaban J connectivity index is 3.69. The van der Waals surface area contributed by atoms with E-state index in [1.165, 1.54) is 83.4 Å². The maximum atomic E-state index is 12.0. The third-order valence-electron chi connectivity index (χ3n) is 5.86. The van der Waals surface area contributed by atoms with Gasteiger partial charge in [0.1, 0.15) is 12.7 Å². The van der Waals surface area contributed by atoms with Crippen molar-refractivity contribution in [3.05, 3.63) is 0 Å². The number of hydrogen-bond acceptors (Lipinski definition) is 7. The molecule has 0 aliphatic heterocycles. The van der Waals surface area contributed by atoms with Crippen LogP contribution in [0.2, 0.25) is 0 Å². The highest BCUT2D eigenvalue weighted by Gasteiger charge is 2.36. The first-order chi connectivity index (χ1) is 17.1. The van der Waals surface area contributed by atoms with E-state index < -0.39 is 25.7 Å². The van der Waals surface area contributed by atoms with E-state index in [1.54, 1.807) is 0 Å². The summed E-state index contributed by atoms with van der Waals surface area (Å²) in [6, 6.07) is 0. The van der Waals surface area contributed by atoms with Gasteiger partial charge in [0.2, 0.25) is 11.8 Å². The van der Waals surface area contributed by atoms with E-state index in [0.717, 1.165) is 12.8 Å². The van der Waals surface area contributed by atoms with Crippen LogP contribution in [0.5, 0.6) is 0 Å². The van der Waals surface area contributed by atoms with Gasteiger partial charge in [-0.05, 0) is 6.42 Å². The molecule has 4 N–H and O–H groups in total. The Hall–Kier alpha value is -1.06. The van der Waals surface area contributed by atoms with Gasteiger partial charge in [-0.1, -0.05) is 96.7 Å². The minimum absolute atomic E-state index is 0.0369. The van der Waals surface area contributed by atoms with Crippen molar-refractivity contribution < 1.29 is 33.5 Å². The molecule has 0 aromatic rings. The van der Waals surface area contributed by atoms with Crippen molar-refractivity contribution >= 4 is 36.9 Å². The maximum Gasteiger partial charge on any atom is 0.694 e. The molecule has 0 aliphatic rings. The topological polar surface area (TPSA) is 142 Å². The van der Waals surface area contributed by atoms with Gasteiger partial charge in [0, 0.05) is 41.7 Å². The summed E-state index contributed by atoms with van der Waals surface area (Å²) in [7, 11) is -2.82. The second-order valence-electron chi connectivity index (χ2n) is 9.80. The van der Waals surface area contributed by atoms with E-state index in [4.69, 9.17) is 4.89 Å². The Labute approximate surface area is 222 Å². The second-order valence-corrected chi connectivity index (χ2v) is 11.7. The molecular formula is C25H48N2O7PS+. The van der Waals surface area contributed by atoms with Crippen molar-refractivity contribution in [2.75, 3.05) is 25.4 Å². The summed E-state index contributed by atoms with van der Waals surface area (Å²) in [6.45, 7) is 5.42. The molecule has 2 amide bonds. The molecule has 0 aliphatic carbocycles. The maximum absolute atomic E-state index is 12.0. The van der Waals surface area contributed by atoms with Gasteiger partial charge in [-0.3, -0.25) is 14.4 Å². The first-order valence-corrected chi connectivity index (χ1v) is 15.4. The Morgan fingerprint density at radius 3 is 2.00 bits per heavy atom. The van der Waals surface area contributed by atoms with Crippen LogP contribution in [0.4, 0.5) is 0 Å². The number of rotatable bonds is 23. The minimum Gasteiger partial charge on any atom is -0.383 e. The third-order valence-corrected chi connectivity index (χ3v) is 7.14. The first-order valence-electron chi connectivity index (χ1n) is 13.3. The number of unbranched alkanes of at least 4 members (excludes halogenated alkanes) is 10. The summed E-state index contributed by atoms with van der Waals surface area (Å²) in [4.78, 5) is 44.6. The lowest BCUT2D eigenvalue weighted by Gasteiger charge is -2.26. The van der Waals surface area contributed by atoms with Gasteiger partial charge in [0.25, 0.3) is 0 Å². The number of aliphatic hydroxyl groups excluding tert-OH is 1. The fourth-order valence-electron chi connectivity index (χ4n) is 3.50. The molecule has 0 aromatic carbocycles. The predicted molar refractivity (Wildman–Crippen MR) is 145 cm³/mol. The summed E-state index contributed by atoms with van der Waals surface area (Å²) < 4.78 is 15.2. The standard InChI is InChI=1S/C25H47N2O7PS/c1-4-5-6-7-8-9-10-11-12-13-14-15-22(29)36-19-18-26-21(28)16-17-27-24(31)23(30)25(2,3)20-34-35(32)33/h23,30H,4-20H2,1-3H3,(H2-,26,27,28,31,32,33)/p+1/t23-/m1/s1. The molecule has 0 saturated carbocycles. The van der Waals surface area contributed by atoms with E-state index in [-0.39, 0.29) is 30.6 Å². The number of aliphatic hydroxyl groups is 1. The number of hydrogen-bond donors (Lipinski definition) is 4. The lowest BCUT2D eigenvalue weighted by Crippen LogP contribution is -2.46. The molecule has 0 spiro atoms. The van der Waals surface area contributed by atoms with E-state index >= 15 is 0 Å². The smallest absolute Gasteiger partial charge is 0.383 e. The zero-order chi connectivity index (χ0) is 27.2. The number of nitrogens with one attached hydrogen (secondary N) is 2. The van der Waals surface area contributed by atoms with E-state index in [1.807, 2.05) is 0 Å². The lowest BCUT2D eigenvalue weighted by atomic mass is 9.87. The van der Waals surface area contributed by atoms with Gasteiger partial charge >= 0.3 is 8.25 Å². The second kappa shape index (κ2) is 22.0. The van der Waals surface area contributed by atoms with E-state index in [2.05, 4.69) is 22.1 Å². The quantitative estimate of drug-likeness (QED) is 0.106. The van der Waals surface area contributed by atoms with Crippen LogP contribution in [0.15, 0.2) is 0 Å². The summed E-state index contributed by atoms with van der Waals surface area (Å²) in [5.41, 5.74) is -1.07. The fourth-order valence-corrected chi connectivity index (χ4v) is 4.66. The van der Waals surface area contributed by atoms with E-state index in [9.17, 15) is 24.1 Å². The lowest BCUT2D eigenvalue weighted by molar-refractivity contribution is -0.136. The van der Waals surface area contributed by atoms with Crippen LogP contribution in [0.3, 0.4) is 0 Å². The van der Waals surface area contributed by atoms with Gasteiger partial charge in [0.05, 0.1) is 0 Å². The molecule has 36 heavy (non-hydrogen) atoms. The number of carbonyl (C=O) groups is 3. The van der Waals surface area contributed by atoms with Gasteiger partial charge in [0.15, 0.2) is 5.12 Å². The third kappa shape index (κ3) is 20.0. The monoisotopic (exact) mass is 551 g/mol. The molecule has 2 atom stereocenters. The van der Waals surface area contributed by atoms with Crippen molar-refractivity contribution in [3.8, 4) is 0 Å². The van der Waals surface area contributed by atoms with Crippen LogP contribution in [0.1, 0.15) is 104 Å². The van der Waals surface area contributed by atoms with Crippen LogP contribution in [-0.4, -0.2) is 58.5 Å². The zero-order valence-electron chi connectivity index (χ0n) is 22.4. The van der Waals surface area contributed by atoms with Crippen LogP contribution in [0, 0.1) is 5.41 Å². The van der Waals surface area contributed by atoms with Crippen LogP contribution in [0.25, 0.3) is 0 Å². The van der Waals surface area contributed by atoms with Crippen molar-refractivity contribution in [1.82, 2.24) is 10.6 Å². The Bertz CT molecular complexity index is 650. The molecule has 1 unspecified atom stereocenters. The summed E-state index contributed by atoms with van der Waals surface area (Å²) in [5.74, 6) is -0.439. The van der Waals surface area contributed by atoms with Crippen LogP contribution >= 0.6 is 20.0 Å². The zero-order valence-corrected chi connectivity index (χ0v) is 24.1. The number of carbonyl (C=O) groups excluding carboxylic acids is 3. The summed E-state index contributed by atoms with van der Waals surface area (Å²) >= 11 is 1.23. The molecule has 0 heterocycles. The van der Waals surface area contributed by atoms with Crippen molar-refractivity contribution in [3.63, 3.8) is 0 Å². The minimum atomic E-state index is -2.82. The molecule has 210 valence electrons. The average Bonchev–Trinajstić information content (AvgIpc) is 2.83. The SMILES string of the molecule is CCCCCCCCCCCCCC(=O)SCCNC(=O)CCNC(=O)[C@@H](O)C(C)(C)CO[P+](=O)O. The Kier molecular flexibility index (Phi) is 21.3. The molecule has 0 fully saturated rings. The van der Waals surface area contributed by atoms with Gasteiger partial charge in [-0.2, -0.15) is 0 Å². The molecule has 0 radical (unpaired) electrons. The highest BCUT2D eigenvalue weighted by Crippen LogP contribution is 2.26. The van der Waals surface area contributed by atoms with Crippen molar-refractivity contribution in [2.24, 2.45) is 5.41 Å². The first kappa shape index (κ1) is 34.9. The molecule has 0 aromatic heterocycles. The number of amides is 2. The average molecular weight is 552 g/mol.